The average molecular weight is 431 g/mol. The maximum Gasteiger partial charge on any atom is 0.414 e. The Balaban J connectivity index is 1.39. The van der Waals surface area contributed by atoms with Gasteiger partial charge in [-0.25, -0.2) is 4.79 Å². The first-order valence-corrected chi connectivity index (χ1v) is 10.8. The van der Waals surface area contributed by atoms with Crippen molar-refractivity contribution >= 4 is 29.2 Å². The molecule has 1 aliphatic heterocycles. The van der Waals surface area contributed by atoms with E-state index in [1.165, 1.54) is 18.1 Å². The summed E-state index contributed by atoms with van der Waals surface area (Å²) in [5.74, 6) is 0.716. The quantitative estimate of drug-likeness (QED) is 0.571. The molecule has 32 heavy (non-hydrogen) atoms. The highest BCUT2D eigenvalue weighted by Crippen LogP contribution is 2.37. The molecular weight excluding hydrogens is 406 g/mol. The number of fused-ring (bicyclic) bond motifs is 3. The number of hydrogen-bond acceptors (Lipinski definition) is 5. The van der Waals surface area contributed by atoms with E-state index in [0.29, 0.717) is 13.1 Å². The number of hydrogen-bond donors (Lipinski definition) is 3. The van der Waals surface area contributed by atoms with E-state index in [-0.39, 0.29) is 18.1 Å². The molecule has 2 heterocycles. The fourth-order valence-corrected chi connectivity index (χ4v) is 4.34. The van der Waals surface area contributed by atoms with Crippen LogP contribution in [0.25, 0.3) is 11.3 Å². The summed E-state index contributed by atoms with van der Waals surface area (Å²) < 4.78 is 5.41. The van der Waals surface area contributed by atoms with Gasteiger partial charge in [0.15, 0.2) is 5.82 Å². The summed E-state index contributed by atoms with van der Waals surface area (Å²) in [6.45, 7) is 2.18. The molecule has 1 aromatic heterocycles. The van der Waals surface area contributed by atoms with Gasteiger partial charge in [0.05, 0.1) is 18.8 Å². The number of ether oxygens (including phenoxy) is 1. The smallest absolute Gasteiger partial charge is 0.414 e. The number of aryl methyl sites for hydroxylation is 1. The SMILES string of the molecule is CC(=O)NCC1CN(c2ccc3c(c2)CCCc2c(Nc4ccccc4)n[nH]c2-3)C(=O)O1. The molecule has 0 bridgehead atoms. The summed E-state index contributed by atoms with van der Waals surface area (Å²) in [6.07, 6.45) is 2.08. The molecule has 5 rings (SSSR count). The minimum atomic E-state index is -0.384. The minimum Gasteiger partial charge on any atom is -0.442 e. The fraction of sp³-hybridized carbons (Fsp3) is 0.292. The third-order valence-electron chi connectivity index (χ3n) is 5.90. The number of nitrogens with zero attached hydrogens (tertiary/aromatic N) is 2. The molecule has 1 atom stereocenters. The van der Waals surface area contributed by atoms with Gasteiger partial charge >= 0.3 is 6.09 Å². The molecule has 3 aromatic rings. The van der Waals surface area contributed by atoms with Gasteiger partial charge in [0.25, 0.3) is 0 Å². The number of amides is 2. The molecule has 8 nitrogen and oxygen atoms in total. The van der Waals surface area contributed by atoms with Gasteiger partial charge in [-0.1, -0.05) is 24.3 Å². The van der Waals surface area contributed by atoms with Crippen molar-refractivity contribution < 1.29 is 14.3 Å². The molecule has 164 valence electrons. The highest BCUT2D eigenvalue weighted by Gasteiger charge is 2.33. The van der Waals surface area contributed by atoms with Crippen LogP contribution in [-0.2, 0) is 22.4 Å². The first-order chi connectivity index (χ1) is 15.6. The number of nitrogens with one attached hydrogen (secondary N) is 3. The Labute approximate surface area is 186 Å². The second kappa shape index (κ2) is 8.37. The van der Waals surface area contributed by atoms with E-state index in [4.69, 9.17) is 4.74 Å². The van der Waals surface area contributed by atoms with Gasteiger partial charge in [0.2, 0.25) is 5.91 Å². The molecule has 8 heteroatoms. The Hall–Kier alpha value is -3.81. The van der Waals surface area contributed by atoms with Crippen molar-refractivity contribution in [3.05, 3.63) is 59.7 Å². The van der Waals surface area contributed by atoms with Crippen molar-refractivity contribution in [2.24, 2.45) is 0 Å². The monoisotopic (exact) mass is 431 g/mol. The topological polar surface area (TPSA) is 99.4 Å². The summed E-state index contributed by atoms with van der Waals surface area (Å²) in [6, 6.07) is 16.1. The lowest BCUT2D eigenvalue weighted by Crippen LogP contribution is -2.33. The largest absolute Gasteiger partial charge is 0.442 e. The standard InChI is InChI=1S/C24H25N5O3/c1-15(30)25-13-19-14-29(24(31)32-19)18-10-11-20-16(12-18)6-5-9-21-22(20)27-28-23(21)26-17-7-3-2-4-8-17/h2-4,7-8,10-12,19H,5-6,9,13-14H2,1H3,(H,25,30)(H2,26,27,28). The predicted octanol–water partition coefficient (Wildman–Crippen LogP) is 3.77. The summed E-state index contributed by atoms with van der Waals surface area (Å²) >= 11 is 0. The van der Waals surface area contributed by atoms with Crippen molar-refractivity contribution in [3.8, 4) is 11.3 Å². The molecule has 1 saturated heterocycles. The van der Waals surface area contributed by atoms with Crippen molar-refractivity contribution in [3.63, 3.8) is 0 Å². The molecule has 1 aliphatic carbocycles. The van der Waals surface area contributed by atoms with E-state index < -0.39 is 0 Å². The number of carbonyl (C=O) groups is 2. The number of benzene rings is 2. The Morgan fingerprint density at radius 2 is 2.06 bits per heavy atom. The molecule has 2 aromatic carbocycles. The molecule has 0 saturated carbocycles. The zero-order valence-electron chi connectivity index (χ0n) is 17.9. The molecule has 2 amide bonds. The van der Waals surface area contributed by atoms with E-state index in [1.54, 1.807) is 4.90 Å². The third-order valence-corrected chi connectivity index (χ3v) is 5.90. The van der Waals surface area contributed by atoms with Crippen LogP contribution in [-0.4, -0.2) is 41.4 Å². The van der Waals surface area contributed by atoms with Gasteiger partial charge < -0.3 is 15.4 Å². The van der Waals surface area contributed by atoms with Gasteiger partial charge in [0, 0.05) is 29.4 Å². The second-order valence-electron chi connectivity index (χ2n) is 8.17. The lowest BCUT2D eigenvalue weighted by Gasteiger charge is -2.16. The highest BCUT2D eigenvalue weighted by atomic mass is 16.6. The third kappa shape index (κ3) is 3.91. The highest BCUT2D eigenvalue weighted by molar-refractivity contribution is 5.91. The first-order valence-electron chi connectivity index (χ1n) is 10.8. The van der Waals surface area contributed by atoms with E-state index in [9.17, 15) is 9.59 Å². The van der Waals surface area contributed by atoms with Crippen LogP contribution in [0.1, 0.15) is 24.5 Å². The Bertz CT molecular complexity index is 1160. The average Bonchev–Trinajstić information content (AvgIpc) is 3.30. The molecule has 0 spiro atoms. The number of para-hydroxylation sites is 1. The van der Waals surface area contributed by atoms with Crippen LogP contribution in [0.15, 0.2) is 48.5 Å². The van der Waals surface area contributed by atoms with Crippen LogP contribution >= 0.6 is 0 Å². The van der Waals surface area contributed by atoms with Gasteiger partial charge in [0.1, 0.15) is 6.10 Å². The van der Waals surface area contributed by atoms with Crippen molar-refractivity contribution in [2.45, 2.75) is 32.3 Å². The minimum absolute atomic E-state index is 0.138. The van der Waals surface area contributed by atoms with Crippen LogP contribution in [0, 0.1) is 0 Å². The van der Waals surface area contributed by atoms with Gasteiger partial charge in [-0.05, 0) is 49.1 Å². The van der Waals surface area contributed by atoms with Crippen LogP contribution in [0.2, 0.25) is 0 Å². The normalized spacial score (nSPS) is 17.2. The molecule has 3 N–H and O–H groups in total. The maximum absolute atomic E-state index is 12.4. The number of rotatable bonds is 5. The van der Waals surface area contributed by atoms with Crippen LogP contribution in [0.5, 0.6) is 0 Å². The van der Waals surface area contributed by atoms with Gasteiger partial charge in [-0.15, -0.1) is 0 Å². The fourth-order valence-electron chi connectivity index (χ4n) is 4.34. The van der Waals surface area contributed by atoms with Crippen molar-refractivity contribution in [1.29, 1.82) is 0 Å². The summed E-state index contributed by atoms with van der Waals surface area (Å²) in [5.41, 5.74) is 6.30. The Kier molecular flexibility index (Phi) is 5.26. The number of aromatic amines is 1. The van der Waals surface area contributed by atoms with Crippen molar-refractivity contribution in [2.75, 3.05) is 23.3 Å². The number of cyclic esters (lactones) is 1. The van der Waals surface area contributed by atoms with Crippen LogP contribution in [0.3, 0.4) is 0 Å². The van der Waals surface area contributed by atoms with Gasteiger partial charge in [-0.2, -0.15) is 5.10 Å². The summed E-state index contributed by atoms with van der Waals surface area (Å²) in [5, 5.41) is 13.9. The zero-order chi connectivity index (χ0) is 22.1. The first kappa shape index (κ1) is 20.1. The zero-order valence-corrected chi connectivity index (χ0v) is 17.9. The molecule has 1 fully saturated rings. The molecular formula is C24H25N5O3. The van der Waals surface area contributed by atoms with E-state index >= 15 is 0 Å². The van der Waals surface area contributed by atoms with Crippen LogP contribution in [0.4, 0.5) is 22.0 Å². The number of carbonyl (C=O) groups excluding carboxylic acids is 2. The summed E-state index contributed by atoms with van der Waals surface area (Å²) in [4.78, 5) is 25.2. The lowest BCUT2D eigenvalue weighted by molar-refractivity contribution is -0.119. The van der Waals surface area contributed by atoms with E-state index in [1.807, 2.05) is 42.5 Å². The van der Waals surface area contributed by atoms with Gasteiger partial charge in [-0.3, -0.25) is 14.8 Å². The van der Waals surface area contributed by atoms with Crippen LogP contribution < -0.4 is 15.5 Å². The van der Waals surface area contributed by atoms with E-state index in [2.05, 4.69) is 26.9 Å². The molecule has 2 aliphatic rings. The lowest BCUT2D eigenvalue weighted by atomic mass is 10.0. The van der Waals surface area contributed by atoms with E-state index in [0.717, 1.165) is 47.7 Å². The molecule has 1 unspecified atom stereocenters. The number of aromatic nitrogens is 2. The number of anilines is 3. The molecule has 0 radical (unpaired) electrons. The summed E-state index contributed by atoms with van der Waals surface area (Å²) in [7, 11) is 0. The second-order valence-corrected chi connectivity index (χ2v) is 8.17. The predicted molar refractivity (Wildman–Crippen MR) is 122 cm³/mol. The van der Waals surface area contributed by atoms with Crippen molar-refractivity contribution in [1.82, 2.24) is 15.5 Å². The number of H-pyrrole nitrogens is 1. The Morgan fingerprint density at radius 1 is 1.22 bits per heavy atom. The maximum atomic E-state index is 12.4. The Morgan fingerprint density at radius 3 is 2.88 bits per heavy atom.